The standard InChI is InChI=1S/C17H14F3N3OS/c1-3-12-9(2)25-16(22-12)23-15(24)11-8-21-13-7-5-4-6-10(13)14(11)17(18,19)20/h4-8H,3H2,1-2H3,(H,22,23,24). The van der Waals surface area contributed by atoms with Crippen LogP contribution in [0.2, 0.25) is 0 Å². The lowest BCUT2D eigenvalue weighted by atomic mass is 10.0. The minimum atomic E-state index is -4.68. The van der Waals surface area contributed by atoms with Crippen LogP contribution in [0.3, 0.4) is 0 Å². The van der Waals surface area contributed by atoms with Crippen molar-refractivity contribution in [2.45, 2.75) is 26.4 Å². The largest absolute Gasteiger partial charge is 0.417 e. The first kappa shape index (κ1) is 17.3. The van der Waals surface area contributed by atoms with E-state index in [-0.39, 0.29) is 16.0 Å². The number of aryl methyl sites for hydroxylation is 2. The molecule has 3 aromatic rings. The fourth-order valence-corrected chi connectivity index (χ4v) is 3.49. The third kappa shape index (κ3) is 3.34. The molecule has 1 amide bonds. The van der Waals surface area contributed by atoms with Crippen molar-refractivity contribution in [2.75, 3.05) is 5.32 Å². The first-order chi connectivity index (χ1) is 11.8. The van der Waals surface area contributed by atoms with Crippen LogP contribution in [0.15, 0.2) is 30.5 Å². The van der Waals surface area contributed by atoms with E-state index in [9.17, 15) is 18.0 Å². The maximum absolute atomic E-state index is 13.6. The molecule has 0 bridgehead atoms. The number of hydrogen-bond donors (Lipinski definition) is 1. The Bertz CT molecular complexity index is 950. The molecule has 0 aliphatic heterocycles. The predicted octanol–water partition coefficient (Wildman–Crippen LogP) is 4.83. The van der Waals surface area contributed by atoms with Crippen molar-refractivity contribution in [1.29, 1.82) is 0 Å². The van der Waals surface area contributed by atoms with Gasteiger partial charge in [0.15, 0.2) is 5.13 Å². The van der Waals surface area contributed by atoms with Crippen molar-refractivity contribution in [3.05, 3.63) is 52.2 Å². The van der Waals surface area contributed by atoms with E-state index in [4.69, 9.17) is 0 Å². The van der Waals surface area contributed by atoms with Crippen LogP contribution in [-0.2, 0) is 12.6 Å². The number of para-hydroxylation sites is 1. The number of fused-ring (bicyclic) bond motifs is 1. The zero-order chi connectivity index (χ0) is 18.2. The zero-order valence-electron chi connectivity index (χ0n) is 13.4. The number of thiazole rings is 1. The second-order valence-corrected chi connectivity index (χ2v) is 6.59. The van der Waals surface area contributed by atoms with Gasteiger partial charge in [0.05, 0.1) is 22.3 Å². The molecule has 1 N–H and O–H groups in total. The maximum Gasteiger partial charge on any atom is 0.417 e. The Labute approximate surface area is 145 Å². The lowest BCUT2D eigenvalue weighted by molar-refractivity contribution is -0.136. The molecule has 0 unspecified atom stereocenters. The van der Waals surface area contributed by atoms with Gasteiger partial charge in [0.2, 0.25) is 0 Å². The van der Waals surface area contributed by atoms with Crippen molar-refractivity contribution < 1.29 is 18.0 Å². The molecule has 25 heavy (non-hydrogen) atoms. The van der Waals surface area contributed by atoms with Crippen molar-refractivity contribution in [3.8, 4) is 0 Å². The van der Waals surface area contributed by atoms with E-state index in [2.05, 4.69) is 15.3 Å². The van der Waals surface area contributed by atoms with E-state index < -0.39 is 23.2 Å². The molecule has 0 aliphatic rings. The van der Waals surface area contributed by atoms with Gasteiger partial charge < -0.3 is 0 Å². The molecule has 3 rings (SSSR count). The van der Waals surface area contributed by atoms with Gasteiger partial charge in [0, 0.05) is 16.5 Å². The van der Waals surface area contributed by atoms with Gasteiger partial charge in [-0.2, -0.15) is 13.2 Å². The van der Waals surface area contributed by atoms with E-state index in [1.807, 2.05) is 13.8 Å². The van der Waals surface area contributed by atoms with Crippen LogP contribution >= 0.6 is 11.3 Å². The summed E-state index contributed by atoms with van der Waals surface area (Å²) >= 11 is 1.23. The predicted molar refractivity (Wildman–Crippen MR) is 90.9 cm³/mol. The van der Waals surface area contributed by atoms with Gasteiger partial charge in [-0.05, 0) is 19.4 Å². The number of carbonyl (C=O) groups is 1. The molecule has 0 aliphatic carbocycles. The zero-order valence-corrected chi connectivity index (χ0v) is 14.3. The van der Waals surface area contributed by atoms with Crippen LogP contribution in [-0.4, -0.2) is 15.9 Å². The molecule has 0 spiro atoms. The van der Waals surface area contributed by atoms with E-state index in [1.54, 1.807) is 6.07 Å². The molecule has 2 heterocycles. The highest BCUT2D eigenvalue weighted by atomic mass is 32.1. The number of amides is 1. The number of hydrogen-bond acceptors (Lipinski definition) is 4. The molecule has 0 atom stereocenters. The summed E-state index contributed by atoms with van der Waals surface area (Å²) in [6.45, 7) is 3.77. The Morgan fingerprint density at radius 3 is 2.64 bits per heavy atom. The lowest BCUT2D eigenvalue weighted by Crippen LogP contribution is -2.19. The molecular weight excluding hydrogens is 351 g/mol. The summed E-state index contributed by atoms with van der Waals surface area (Å²) in [5, 5.41) is 2.63. The van der Waals surface area contributed by atoms with E-state index in [0.717, 1.165) is 16.8 Å². The van der Waals surface area contributed by atoms with Gasteiger partial charge in [-0.3, -0.25) is 15.1 Å². The normalized spacial score (nSPS) is 11.7. The second kappa shape index (κ2) is 6.44. The Morgan fingerprint density at radius 2 is 2.00 bits per heavy atom. The molecule has 4 nitrogen and oxygen atoms in total. The molecule has 2 aromatic heterocycles. The van der Waals surface area contributed by atoms with Crippen LogP contribution in [0.25, 0.3) is 10.9 Å². The van der Waals surface area contributed by atoms with Gasteiger partial charge in [-0.25, -0.2) is 4.98 Å². The van der Waals surface area contributed by atoms with Crippen molar-refractivity contribution in [2.24, 2.45) is 0 Å². The van der Waals surface area contributed by atoms with Gasteiger partial charge in [-0.15, -0.1) is 11.3 Å². The van der Waals surface area contributed by atoms with Gasteiger partial charge in [0.25, 0.3) is 5.91 Å². The fourth-order valence-electron chi connectivity index (χ4n) is 2.59. The third-order valence-corrected chi connectivity index (χ3v) is 4.68. The molecule has 8 heteroatoms. The SMILES string of the molecule is CCc1nc(NC(=O)c2cnc3ccccc3c2C(F)(F)F)sc1C. The average molecular weight is 365 g/mol. The summed E-state index contributed by atoms with van der Waals surface area (Å²) in [7, 11) is 0. The Morgan fingerprint density at radius 1 is 1.28 bits per heavy atom. The fraction of sp³-hybridized carbons (Fsp3) is 0.235. The van der Waals surface area contributed by atoms with Crippen LogP contribution in [0.4, 0.5) is 18.3 Å². The van der Waals surface area contributed by atoms with Crippen LogP contribution < -0.4 is 5.32 Å². The topological polar surface area (TPSA) is 54.9 Å². The third-order valence-electron chi connectivity index (χ3n) is 3.75. The molecular formula is C17H14F3N3OS. The summed E-state index contributed by atoms with van der Waals surface area (Å²) in [6, 6.07) is 5.87. The Hall–Kier alpha value is -2.48. The number of benzene rings is 1. The number of aromatic nitrogens is 2. The van der Waals surface area contributed by atoms with Crippen LogP contribution in [0.1, 0.15) is 33.4 Å². The lowest BCUT2D eigenvalue weighted by Gasteiger charge is -2.14. The molecule has 130 valence electrons. The summed E-state index contributed by atoms with van der Waals surface area (Å²) in [5.41, 5.74) is -0.505. The Balaban J connectivity index is 2.06. The molecule has 0 saturated carbocycles. The summed E-state index contributed by atoms with van der Waals surface area (Å²) in [4.78, 5) is 21.6. The highest BCUT2D eigenvalue weighted by Crippen LogP contribution is 2.37. The average Bonchev–Trinajstić information content (AvgIpc) is 2.92. The smallest absolute Gasteiger partial charge is 0.298 e. The van der Waals surface area contributed by atoms with E-state index in [1.165, 1.54) is 29.5 Å². The Kier molecular flexibility index (Phi) is 4.47. The number of carbonyl (C=O) groups excluding carboxylic acids is 1. The monoisotopic (exact) mass is 365 g/mol. The highest BCUT2D eigenvalue weighted by molar-refractivity contribution is 7.15. The number of pyridine rings is 1. The summed E-state index contributed by atoms with van der Waals surface area (Å²) in [6.07, 6.45) is -3.03. The number of nitrogens with zero attached hydrogens (tertiary/aromatic N) is 2. The van der Waals surface area contributed by atoms with Gasteiger partial charge in [-0.1, -0.05) is 25.1 Å². The number of nitrogens with one attached hydrogen (secondary N) is 1. The van der Waals surface area contributed by atoms with Crippen molar-refractivity contribution in [3.63, 3.8) is 0 Å². The first-order valence-corrected chi connectivity index (χ1v) is 8.35. The molecule has 1 aromatic carbocycles. The molecule has 0 radical (unpaired) electrons. The van der Waals surface area contributed by atoms with Crippen molar-refractivity contribution in [1.82, 2.24) is 9.97 Å². The number of halogens is 3. The second-order valence-electron chi connectivity index (χ2n) is 5.39. The maximum atomic E-state index is 13.6. The number of rotatable bonds is 3. The van der Waals surface area contributed by atoms with Crippen LogP contribution in [0.5, 0.6) is 0 Å². The molecule has 0 fully saturated rings. The van der Waals surface area contributed by atoms with E-state index >= 15 is 0 Å². The first-order valence-electron chi connectivity index (χ1n) is 7.54. The quantitative estimate of drug-likeness (QED) is 0.723. The van der Waals surface area contributed by atoms with E-state index in [0.29, 0.717) is 6.42 Å². The number of anilines is 1. The highest BCUT2D eigenvalue weighted by Gasteiger charge is 2.37. The minimum Gasteiger partial charge on any atom is -0.298 e. The van der Waals surface area contributed by atoms with Gasteiger partial charge >= 0.3 is 6.18 Å². The minimum absolute atomic E-state index is 0.104. The summed E-state index contributed by atoms with van der Waals surface area (Å²) in [5.74, 6) is -0.873. The van der Waals surface area contributed by atoms with Crippen LogP contribution in [0, 0.1) is 6.92 Å². The van der Waals surface area contributed by atoms with Crippen molar-refractivity contribution >= 4 is 33.3 Å². The molecule has 0 saturated heterocycles. The van der Waals surface area contributed by atoms with Gasteiger partial charge in [0.1, 0.15) is 0 Å². The summed E-state index contributed by atoms with van der Waals surface area (Å²) < 4.78 is 40.7. The number of alkyl halides is 3.